The Kier molecular flexibility index (Phi) is 4.89. The molecular formula is C16H12Cl2O3. The van der Waals surface area contributed by atoms with Crippen molar-refractivity contribution in [1.82, 2.24) is 0 Å². The summed E-state index contributed by atoms with van der Waals surface area (Å²) in [5.74, 6) is 0.00493. The molecule has 0 amide bonds. The molecule has 0 aliphatic rings. The predicted octanol–water partition coefficient (Wildman–Crippen LogP) is 4.60. The average molecular weight is 323 g/mol. The van der Waals surface area contributed by atoms with Crippen molar-refractivity contribution in [3.63, 3.8) is 0 Å². The number of carbonyl (C=O) groups excluding carboxylic acids is 1. The summed E-state index contributed by atoms with van der Waals surface area (Å²) in [5, 5.41) is 10.5. The SMILES string of the molecule is COc1ccc(C(=O)/C=C/c2ccc(Cl)c(Cl)c2)cc1O. The van der Waals surface area contributed by atoms with Gasteiger partial charge in [-0.2, -0.15) is 0 Å². The molecule has 0 fully saturated rings. The van der Waals surface area contributed by atoms with Crippen LogP contribution in [0.25, 0.3) is 6.08 Å². The van der Waals surface area contributed by atoms with Gasteiger partial charge in [-0.05, 0) is 42.0 Å². The number of aromatic hydroxyl groups is 1. The molecule has 0 unspecified atom stereocenters. The van der Waals surface area contributed by atoms with E-state index in [4.69, 9.17) is 27.9 Å². The Labute approximate surface area is 132 Å². The Hall–Kier alpha value is -1.97. The number of benzene rings is 2. The van der Waals surface area contributed by atoms with Crippen LogP contribution < -0.4 is 4.74 Å². The summed E-state index contributed by atoms with van der Waals surface area (Å²) in [5.41, 5.74) is 1.13. The van der Waals surface area contributed by atoms with Crippen molar-refractivity contribution in [3.8, 4) is 11.5 Å². The molecule has 5 heteroatoms. The summed E-state index contributed by atoms with van der Waals surface area (Å²) in [4.78, 5) is 12.0. The number of halogens is 2. The van der Waals surface area contributed by atoms with E-state index in [1.165, 1.54) is 25.3 Å². The zero-order chi connectivity index (χ0) is 15.4. The molecule has 2 rings (SSSR count). The number of ketones is 1. The minimum Gasteiger partial charge on any atom is -0.504 e. The second-order valence-corrected chi connectivity index (χ2v) is 5.07. The van der Waals surface area contributed by atoms with Gasteiger partial charge in [-0.1, -0.05) is 35.3 Å². The Morgan fingerprint density at radius 2 is 1.90 bits per heavy atom. The molecule has 0 heterocycles. The first kappa shape index (κ1) is 15.4. The molecule has 0 atom stereocenters. The van der Waals surface area contributed by atoms with Crippen molar-refractivity contribution in [2.75, 3.05) is 7.11 Å². The lowest BCUT2D eigenvalue weighted by Crippen LogP contribution is -1.94. The first-order valence-corrected chi connectivity index (χ1v) is 6.81. The topological polar surface area (TPSA) is 46.5 Å². The van der Waals surface area contributed by atoms with Gasteiger partial charge in [-0.3, -0.25) is 4.79 Å². The second kappa shape index (κ2) is 6.66. The number of phenols is 1. The van der Waals surface area contributed by atoms with E-state index in [0.29, 0.717) is 21.4 Å². The van der Waals surface area contributed by atoms with Gasteiger partial charge < -0.3 is 9.84 Å². The fourth-order valence-electron chi connectivity index (χ4n) is 1.73. The largest absolute Gasteiger partial charge is 0.504 e. The quantitative estimate of drug-likeness (QED) is 0.660. The number of rotatable bonds is 4. The monoisotopic (exact) mass is 322 g/mol. The van der Waals surface area contributed by atoms with Crippen molar-refractivity contribution in [2.45, 2.75) is 0 Å². The maximum atomic E-state index is 12.0. The first-order chi connectivity index (χ1) is 10.0. The average Bonchev–Trinajstić information content (AvgIpc) is 2.48. The van der Waals surface area contributed by atoms with Crippen LogP contribution in [0.1, 0.15) is 15.9 Å². The Morgan fingerprint density at radius 3 is 2.52 bits per heavy atom. The van der Waals surface area contributed by atoms with Crippen molar-refractivity contribution in [3.05, 3.63) is 63.6 Å². The summed E-state index contributed by atoms with van der Waals surface area (Å²) in [6.45, 7) is 0. The van der Waals surface area contributed by atoms with E-state index >= 15 is 0 Å². The smallest absolute Gasteiger partial charge is 0.185 e. The van der Waals surface area contributed by atoms with Crippen molar-refractivity contribution in [2.24, 2.45) is 0 Å². The zero-order valence-corrected chi connectivity index (χ0v) is 12.7. The van der Waals surface area contributed by atoms with Gasteiger partial charge in [0.05, 0.1) is 17.2 Å². The highest BCUT2D eigenvalue weighted by molar-refractivity contribution is 6.42. The van der Waals surface area contributed by atoms with Gasteiger partial charge in [-0.25, -0.2) is 0 Å². The molecule has 3 nitrogen and oxygen atoms in total. The Bertz CT molecular complexity index is 709. The minimum absolute atomic E-state index is 0.0775. The van der Waals surface area contributed by atoms with Gasteiger partial charge in [-0.15, -0.1) is 0 Å². The molecule has 21 heavy (non-hydrogen) atoms. The van der Waals surface area contributed by atoms with Crippen LogP contribution in [-0.2, 0) is 0 Å². The number of hydrogen-bond acceptors (Lipinski definition) is 3. The standard InChI is InChI=1S/C16H12Cl2O3/c1-21-16-7-4-11(9-15(16)20)14(19)6-3-10-2-5-12(17)13(18)8-10/h2-9,20H,1H3/b6-3+. The first-order valence-electron chi connectivity index (χ1n) is 6.05. The molecule has 0 saturated carbocycles. The minimum atomic E-state index is -0.237. The lowest BCUT2D eigenvalue weighted by molar-refractivity contribution is 0.104. The van der Waals surface area contributed by atoms with Gasteiger partial charge in [0, 0.05) is 5.56 Å². The van der Waals surface area contributed by atoms with Crippen LogP contribution in [0.4, 0.5) is 0 Å². The summed E-state index contributed by atoms with van der Waals surface area (Å²) in [7, 11) is 1.45. The van der Waals surface area contributed by atoms with Gasteiger partial charge in [0.25, 0.3) is 0 Å². The van der Waals surface area contributed by atoms with E-state index in [9.17, 15) is 9.90 Å². The maximum absolute atomic E-state index is 12.0. The molecular weight excluding hydrogens is 311 g/mol. The summed E-state index contributed by atoms with van der Waals surface area (Å²) in [6, 6.07) is 9.56. The normalized spacial score (nSPS) is 10.8. The highest BCUT2D eigenvalue weighted by atomic mass is 35.5. The number of allylic oxidation sites excluding steroid dienone is 1. The van der Waals surface area contributed by atoms with Crippen molar-refractivity contribution in [1.29, 1.82) is 0 Å². The van der Waals surface area contributed by atoms with E-state index in [2.05, 4.69) is 0 Å². The third-order valence-electron chi connectivity index (χ3n) is 2.83. The van der Waals surface area contributed by atoms with Crippen molar-refractivity contribution < 1.29 is 14.6 Å². The molecule has 108 valence electrons. The highest BCUT2D eigenvalue weighted by Gasteiger charge is 2.07. The van der Waals surface area contributed by atoms with E-state index in [0.717, 1.165) is 5.56 Å². The van der Waals surface area contributed by atoms with Crippen LogP contribution in [0.5, 0.6) is 11.5 Å². The number of methoxy groups -OCH3 is 1. The zero-order valence-electron chi connectivity index (χ0n) is 11.1. The summed E-state index contributed by atoms with van der Waals surface area (Å²) in [6.07, 6.45) is 3.03. The van der Waals surface area contributed by atoms with Gasteiger partial charge >= 0.3 is 0 Å². The fraction of sp³-hybridized carbons (Fsp3) is 0.0625. The molecule has 0 spiro atoms. The molecule has 1 N–H and O–H groups in total. The van der Waals surface area contributed by atoms with Gasteiger partial charge in [0.2, 0.25) is 0 Å². The fourth-order valence-corrected chi connectivity index (χ4v) is 2.03. The molecule has 0 aromatic heterocycles. The van der Waals surface area contributed by atoms with Crippen molar-refractivity contribution >= 4 is 35.1 Å². The van der Waals surface area contributed by atoms with Crippen LogP contribution in [0.15, 0.2) is 42.5 Å². The van der Waals surface area contributed by atoms with E-state index in [-0.39, 0.29) is 11.5 Å². The lowest BCUT2D eigenvalue weighted by atomic mass is 10.1. The van der Waals surface area contributed by atoms with Gasteiger partial charge in [0.15, 0.2) is 17.3 Å². The molecule has 0 saturated heterocycles. The van der Waals surface area contributed by atoms with Gasteiger partial charge in [0.1, 0.15) is 0 Å². The van der Waals surface area contributed by atoms with Crippen LogP contribution in [0.3, 0.4) is 0 Å². The molecule has 0 aliphatic carbocycles. The molecule has 0 radical (unpaired) electrons. The van der Waals surface area contributed by atoms with E-state index < -0.39 is 0 Å². The van der Waals surface area contributed by atoms with E-state index in [1.54, 1.807) is 30.3 Å². The maximum Gasteiger partial charge on any atom is 0.185 e. The predicted molar refractivity (Wildman–Crippen MR) is 84.5 cm³/mol. The van der Waals surface area contributed by atoms with Crippen LogP contribution >= 0.6 is 23.2 Å². The lowest BCUT2D eigenvalue weighted by Gasteiger charge is -2.04. The summed E-state index contributed by atoms with van der Waals surface area (Å²) < 4.78 is 4.93. The number of phenolic OH excluding ortho intramolecular Hbond substituents is 1. The number of carbonyl (C=O) groups is 1. The van der Waals surface area contributed by atoms with Crippen LogP contribution in [0.2, 0.25) is 10.0 Å². The van der Waals surface area contributed by atoms with Crippen LogP contribution in [-0.4, -0.2) is 18.0 Å². The third kappa shape index (κ3) is 3.78. The Balaban J connectivity index is 2.18. The molecule has 2 aromatic rings. The highest BCUT2D eigenvalue weighted by Crippen LogP contribution is 2.27. The molecule has 0 bridgehead atoms. The number of ether oxygens (including phenoxy) is 1. The molecule has 0 aliphatic heterocycles. The second-order valence-electron chi connectivity index (χ2n) is 4.26. The summed E-state index contributed by atoms with van der Waals surface area (Å²) >= 11 is 11.7. The molecule has 2 aromatic carbocycles. The Morgan fingerprint density at radius 1 is 1.14 bits per heavy atom. The van der Waals surface area contributed by atoms with Crippen LogP contribution in [0, 0.1) is 0 Å². The number of hydrogen-bond donors (Lipinski definition) is 1. The van der Waals surface area contributed by atoms with E-state index in [1.807, 2.05) is 0 Å². The third-order valence-corrected chi connectivity index (χ3v) is 3.57.